The summed E-state index contributed by atoms with van der Waals surface area (Å²) < 4.78 is 1.46. The van der Waals surface area contributed by atoms with Crippen LogP contribution >= 0.6 is 0 Å². The second-order valence-corrected chi connectivity index (χ2v) is 11.8. The van der Waals surface area contributed by atoms with Crippen LogP contribution in [0.3, 0.4) is 0 Å². The first-order chi connectivity index (χ1) is 28.2. The number of phenolic OH excluding ortho intramolecular Hbond substituents is 2. The maximum atomic E-state index is 12.2. The minimum absolute atomic E-state index is 0. The number of rotatable bonds is 10. The molecule has 0 spiro atoms. The Balaban J connectivity index is 0.000000413. The number of benzene rings is 2. The molecular weight excluding hydrogens is 851 g/mol. The minimum Gasteiger partial charge on any atom is -0.504 e. The molecule has 313 valence electrons. The third-order valence-electron chi connectivity index (χ3n) is 7.74. The van der Waals surface area contributed by atoms with Crippen molar-refractivity contribution in [3.63, 3.8) is 0 Å². The molecule has 4 rings (SSSR count). The molecule has 0 aliphatic heterocycles. The molecule has 0 saturated carbocycles. The number of amides is 2. The number of nitrogens with one attached hydrogen (secondary N) is 2. The van der Waals surface area contributed by atoms with Gasteiger partial charge in [0.05, 0.1) is 34.3 Å². The molecule has 0 atom stereocenters. The number of nitro benzene ring substituents is 2. The molecule has 0 saturated heterocycles. The summed E-state index contributed by atoms with van der Waals surface area (Å²) in [7, 11) is 0. The Morgan fingerprint density at radius 1 is 0.705 bits per heavy atom. The van der Waals surface area contributed by atoms with E-state index in [1.54, 1.807) is 12.1 Å². The number of terminal acetylenes is 2. The second kappa shape index (κ2) is 20.5. The van der Waals surface area contributed by atoms with Gasteiger partial charge in [-0.25, -0.2) is 0 Å². The number of hydrogen-bond acceptors (Lipinski definition) is 18. The van der Waals surface area contributed by atoms with E-state index in [4.69, 9.17) is 12.8 Å². The summed E-state index contributed by atoms with van der Waals surface area (Å²) in [5.41, 5.74) is -5.29. The van der Waals surface area contributed by atoms with Gasteiger partial charge in [-0.3, -0.25) is 48.5 Å². The van der Waals surface area contributed by atoms with Gasteiger partial charge in [0.25, 0.3) is 22.5 Å². The molecule has 25 heteroatoms. The van der Waals surface area contributed by atoms with E-state index in [0.717, 1.165) is 47.2 Å². The van der Waals surface area contributed by atoms with Crippen LogP contribution in [-0.4, -0.2) is 51.2 Å². The summed E-state index contributed by atoms with van der Waals surface area (Å²) in [6.07, 6.45) is 10.4. The molecule has 2 aromatic heterocycles. The molecule has 4 aromatic rings. The van der Waals surface area contributed by atoms with Crippen molar-refractivity contribution < 1.29 is 56.6 Å². The molecule has 0 bridgehead atoms. The van der Waals surface area contributed by atoms with Crippen molar-refractivity contribution in [2.75, 3.05) is 10.6 Å². The molecule has 2 amide bonds. The van der Waals surface area contributed by atoms with Gasteiger partial charge in [0.2, 0.25) is 23.6 Å². The van der Waals surface area contributed by atoms with Crippen molar-refractivity contribution in [1.82, 2.24) is 9.13 Å². The van der Waals surface area contributed by atoms with E-state index < -0.39 is 78.8 Å². The second-order valence-electron chi connectivity index (χ2n) is 11.8. The fourth-order valence-electron chi connectivity index (χ4n) is 4.94. The number of aromatic nitrogens is 2. The molecule has 6 N–H and O–H groups in total. The van der Waals surface area contributed by atoms with Gasteiger partial charge in [-0.2, -0.15) is 10.5 Å². The number of hydrogen-bond donors (Lipinski definition) is 6. The average Bonchev–Trinajstić information content (AvgIpc) is 3.17. The molecule has 1 radical (unpaired) electrons. The van der Waals surface area contributed by atoms with E-state index in [2.05, 4.69) is 42.9 Å². The van der Waals surface area contributed by atoms with Gasteiger partial charge in [0.1, 0.15) is 34.6 Å². The third-order valence-corrected chi connectivity index (χ3v) is 7.74. The van der Waals surface area contributed by atoms with Crippen LogP contribution in [0.1, 0.15) is 36.1 Å². The number of non-ortho nitro benzene ring substituents is 2. The van der Waals surface area contributed by atoms with Gasteiger partial charge in [0.15, 0.2) is 22.9 Å². The summed E-state index contributed by atoms with van der Waals surface area (Å²) in [6, 6.07) is 7.02. The Bertz CT molecular complexity index is 2660. The van der Waals surface area contributed by atoms with Crippen LogP contribution in [0.4, 0.5) is 45.5 Å². The van der Waals surface area contributed by atoms with Crippen LogP contribution in [0.15, 0.2) is 54.3 Å². The number of nitrogens with zero attached hydrogens (tertiary/aromatic N) is 10. The number of nitriles is 2. The Kier molecular flexibility index (Phi) is 16.2. The molecule has 24 nitrogen and oxygen atoms in total. The molecule has 61 heavy (non-hydrogen) atoms. The van der Waals surface area contributed by atoms with Crippen molar-refractivity contribution in [2.24, 2.45) is 20.5 Å². The van der Waals surface area contributed by atoms with Gasteiger partial charge in [-0.1, -0.05) is 11.8 Å². The third kappa shape index (κ3) is 10.7. The summed E-state index contributed by atoms with van der Waals surface area (Å²) >= 11 is 0. The summed E-state index contributed by atoms with van der Waals surface area (Å²) in [5, 5.41) is 101. The smallest absolute Gasteiger partial charge is 0.274 e. The number of carbonyl (C=O) groups excluding carboxylic acids is 2. The standard InChI is InChI=1S/2C18H14N6O6.Co/c2*1-4-5-23-17(27)12(8-19)9(2)15(18(23)28)22-21-14-7-11(24(29)30)6-13(16(14)26)20-10(3)25;/h2*1,6-7,26,28H,5H2,2-3H3,(H,20,25);. The summed E-state index contributed by atoms with van der Waals surface area (Å²) in [4.78, 5) is 67.7. The molecular formula is C36H28CoN12O12. The number of nitro groups is 2. The fraction of sp³-hybridized carbons (Fsp3) is 0.167. The van der Waals surface area contributed by atoms with Gasteiger partial charge in [-0.15, -0.1) is 33.3 Å². The van der Waals surface area contributed by atoms with Gasteiger partial charge < -0.3 is 31.1 Å². The minimum atomic E-state index is -0.824. The van der Waals surface area contributed by atoms with Crippen molar-refractivity contribution in [3.8, 4) is 60.1 Å². The first-order valence-corrected chi connectivity index (χ1v) is 16.3. The van der Waals surface area contributed by atoms with Crippen LogP contribution < -0.4 is 21.8 Å². The average molecular weight is 880 g/mol. The van der Waals surface area contributed by atoms with Crippen LogP contribution in [0.25, 0.3) is 0 Å². The summed E-state index contributed by atoms with van der Waals surface area (Å²) in [6.45, 7) is 4.25. The Hall–Kier alpha value is -8.91. The number of carbonyl (C=O) groups is 2. The molecule has 2 heterocycles. The number of aromatic hydroxyl groups is 4. The van der Waals surface area contributed by atoms with E-state index in [1.165, 1.54) is 13.8 Å². The van der Waals surface area contributed by atoms with Gasteiger partial charge in [0, 0.05) is 66.0 Å². The molecule has 0 unspecified atom stereocenters. The van der Waals surface area contributed by atoms with E-state index >= 15 is 0 Å². The zero-order valence-electron chi connectivity index (χ0n) is 31.7. The van der Waals surface area contributed by atoms with E-state index in [9.17, 15) is 70.4 Å². The van der Waals surface area contributed by atoms with Crippen molar-refractivity contribution in [3.05, 3.63) is 87.5 Å². The van der Waals surface area contributed by atoms with Crippen molar-refractivity contribution >= 4 is 57.3 Å². The fourth-order valence-corrected chi connectivity index (χ4v) is 4.94. The molecule has 2 aromatic carbocycles. The number of phenols is 2. The quantitative estimate of drug-likeness (QED) is 0.0413. The zero-order valence-corrected chi connectivity index (χ0v) is 32.8. The topological polar surface area (TPSA) is 366 Å². The van der Waals surface area contributed by atoms with Crippen molar-refractivity contribution in [2.45, 2.75) is 40.8 Å². The predicted octanol–water partition coefficient (Wildman–Crippen LogP) is 4.71. The molecule has 0 fully saturated rings. The Morgan fingerprint density at radius 3 is 1.30 bits per heavy atom. The summed E-state index contributed by atoms with van der Waals surface area (Å²) in [5.74, 6) is 0.542. The van der Waals surface area contributed by atoms with Crippen LogP contribution in [-0.2, 0) is 39.5 Å². The largest absolute Gasteiger partial charge is 0.504 e. The predicted molar refractivity (Wildman–Crippen MR) is 208 cm³/mol. The normalized spacial score (nSPS) is 10.2. The maximum Gasteiger partial charge on any atom is 0.274 e. The first-order valence-electron chi connectivity index (χ1n) is 16.3. The first kappa shape index (κ1) is 48.2. The zero-order chi connectivity index (χ0) is 45.2. The van der Waals surface area contributed by atoms with Crippen LogP contribution in [0.2, 0.25) is 0 Å². The maximum absolute atomic E-state index is 12.2. The number of azo groups is 2. The van der Waals surface area contributed by atoms with E-state index in [0.29, 0.717) is 0 Å². The van der Waals surface area contributed by atoms with Gasteiger partial charge in [-0.05, 0) is 13.8 Å². The molecule has 0 aliphatic rings. The van der Waals surface area contributed by atoms with E-state index in [1.807, 2.05) is 0 Å². The Morgan fingerprint density at radius 2 is 1.03 bits per heavy atom. The van der Waals surface area contributed by atoms with Crippen molar-refractivity contribution in [1.29, 1.82) is 10.5 Å². The molecule has 0 aliphatic carbocycles. The monoisotopic (exact) mass is 879 g/mol. The Labute approximate surface area is 352 Å². The number of anilines is 2. The van der Waals surface area contributed by atoms with Gasteiger partial charge >= 0.3 is 0 Å². The van der Waals surface area contributed by atoms with Crippen LogP contribution in [0.5, 0.6) is 23.3 Å². The van der Waals surface area contributed by atoms with Crippen LogP contribution in [0, 0.1) is 81.4 Å². The van der Waals surface area contributed by atoms with E-state index in [-0.39, 0.29) is 74.9 Å². The SMILES string of the molecule is C#CCn1c(O)c(N=Nc2cc([N+](=O)[O-])cc(NC(C)=O)c2O)c(C)c(C#N)c1=O.C#CCn1c(O)c(N=Nc2cc([N+](=O)[O-])cc(NC(C)=O)c2O)c(C)c(C#N)c1=O.[Co]. The number of pyridine rings is 2.